The summed E-state index contributed by atoms with van der Waals surface area (Å²) in [5.74, 6) is 0. The first-order valence-electron chi connectivity index (χ1n) is 5.83. The average Bonchev–Trinajstić information content (AvgIpc) is 2.48. The van der Waals surface area contributed by atoms with Crippen LogP contribution in [0.3, 0.4) is 0 Å². The van der Waals surface area contributed by atoms with Crippen LogP contribution in [-0.4, -0.2) is 4.21 Å². The highest BCUT2D eigenvalue weighted by Crippen LogP contribution is 2.17. The van der Waals surface area contributed by atoms with E-state index in [4.69, 9.17) is 11.6 Å². The van der Waals surface area contributed by atoms with Gasteiger partial charge in [0, 0.05) is 4.90 Å². The summed E-state index contributed by atoms with van der Waals surface area (Å²) in [7, 11) is -1.31. The monoisotopic (exact) mass is 288 g/mol. The normalized spacial score (nSPS) is 13.6. The summed E-state index contributed by atoms with van der Waals surface area (Å²) in [5.41, 5.74) is 1.08. The van der Waals surface area contributed by atoms with Crippen molar-refractivity contribution in [1.82, 2.24) is 0 Å². The maximum atomic E-state index is 12.1. The lowest BCUT2D eigenvalue weighted by Gasteiger charge is -1.98. The average molecular weight is 289 g/mol. The van der Waals surface area contributed by atoms with Crippen molar-refractivity contribution in [2.75, 3.05) is 0 Å². The first-order chi connectivity index (χ1) is 9.27. The molecule has 0 spiro atoms. The third kappa shape index (κ3) is 4.19. The van der Waals surface area contributed by atoms with Gasteiger partial charge >= 0.3 is 0 Å². The Morgan fingerprint density at radius 3 is 2.16 bits per heavy atom. The molecule has 2 aromatic carbocycles. The van der Waals surface area contributed by atoms with Gasteiger partial charge in [0.25, 0.3) is 0 Å². The fourth-order valence-electron chi connectivity index (χ4n) is 1.52. The van der Waals surface area contributed by atoms with E-state index < -0.39 is 10.8 Å². The summed E-state index contributed by atoms with van der Waals surface area (Å²) >= 11 is 6.04. The van der Waals surface area contributed by atoms with Crippen LogP contribution in [0.1, 0.15) is 5.56 Å². The molecule has 0 saturated carbocycles. The van der Waals surface area contributed by atoms with E-state index in [0.717, 1.165) is 5.56 Å². The van der Waals surface area contributed by atoms with Crippen LogP contribution in [0.5, 0.6) is 0 Å². The molecule has 2 rings (SSSR count). The minimum absolute atomic E-state index is 0.318. The third-order valence-electron chi connectivity index (χ3n) is 2.45. The molecule has 0 aliphatic heterocycles. The van der Waals surface area contributed by atoms with Crippen molar-refractivity contribution in [3.63, 3.8) is 0 Å². The lowest BCUT2D eigenvalue weighted by molar-refractivity contribution is 0.688. The smallest absolute Gasteiger partial charge is 0.109 e. The third-order valence-corrected chi connectivity index (χ3v) is 4.19. The molecule has 0 fully saturated rings. The highest BCUT2D eigenvalue weighted by molar-refractivity contribution is 7.90. The molecule has 0 N–H and O–H groups in total. The van der Waals surface area contributed by atoms with E-state index in [1.54, 1.807) is 24.3 Å². The van der Waals surface area contributed by atoms with Crippen LogP contribution >= 0.6 is 11.6 Å². The van der Waals surface area contributed by atoms with Crippen LogP contribution in [0.2, 0.25) is 0 Å². The number of benzene rings is 2. The zero-order valence-corrected chi connectivity index (χ0v) is 11.8. The Bertz CT molecular complexity index is 603. The van der Waals surface area contributed by atoms with Crippen LogP contribution in [-0.2, 0) is 10.8 Å². The van der Waals surface area contributed by atoms with E-state index >= 15 is 0 Å². The number of hydrogen-bond acceptors (Lipinski definition) is 1. The maximum absolute atomic E-state index is 12.1. The van der Waals surface area contributed by atoms with Crippen molar-refractivity contribution in [3.8, 4) is 0 Å². The second kappa shape index (κ2) is 7.07. The molecule has 96 valence electrons. The Morgan fingerprint density at radius 1 is 0.947 bits per heavy atom. The molecular formula is C16H13ClOS. The van der Waals surface area contributed by atoms with Crippen molar-refractivity contribution in [1.29, 1.82) is 0 Å². The van der Waals surface area contributed by atoms with E-state index in [9.17, 15) is 4.21 Å². The minimum Gasteiger partial charge on any atom is -0.248 e. The summed E-state index contributed by atoms with van der Waals surface area (Å²) in [5, 5.41) is 0. The molecule has 0 bridgehead atoms. The van der Waals surface area contributed by atoms with Crippen molar-refractivity contribution in [2.24, 2.45) is 0 Å². The van der Waals surface area contributed by atoms with E-state index in [0.29, 0.717) is 9.26 Å². The van der Waals surface area contributed by atoms with E-state index in [1.165, 1.54) is 0 Å². The van der Waals surface area contributed by atoms with Gasteiger partial charge in [-0.1, -0.05) is 72.3 Å². The van der Waals surface area contributed by atoms with Gasteiger partial charge in [0.1, 0.15) is 4.36 Å². The van der Waals surface area contributed by atoms with Crippen molar-refractivity contribution in [2.45, 2.75) is 4.90 Å². The Kier molecular flexibility index (Phi) is 5.13. The molecule has 0 aliphatic carbocycles. The molecule has 0 heterocycles. The Morgan fingerprint density at radius 2 is 1.53 bits per heavy atom. The van der Waals surface area contributed by atoms with Gasteiger partial charge < -0.3 is 0 Å². The number of allylic oxidation sites excluding steroid dienone is 2. The van der Waals surface area contributed by atoms with Crippen LogP contribution in [0.15, 0.2) is 82.1 Å². The molecule has 3 heteroatoms. The van der Waals surface area contributed by atoms with Crippen LogP contribution in [0.4, 0.5) is 0 Å². The molecule has 0 amide bonds. The number of rotatable bonds is 4. The fourth-order valence-corrected chi connectivity index (χ4v) is 2.69. The predicted octanol–water partition coefficient (Wildman–Crippen LogP) is 4.59. The van der Waals surface area contributed by atoms with Crippen molar-refractivity contribution < 1.29 is 4.21 Å². The zero-order valence-electron chi connectivity index (χ0n) is 10.2. The summed E-state index contributed by atoms with van der Waals surface area (Å²) in [6.07, 6.45) is 5.39. The molecule has 1 nitrogen and oxygen atoms in total. The number of halogens is 1. The van der Waals surface area contributed by atoms with Gasteiger partial charge in [-0.2, -0.15) is 0 Å². The van der Waals surface area contributed by atoms with E-state index in [1.807, 2.05) is 54.6 Å². The van der Waals surface area contributed by atoms with E-state index in [2.05, 4.69) is 0 Å². The molecule has 0 aromatic heterocycles. The Hall–Kier alpha value is -1.64. The van der Waals surface area contributed by atoms with Gasteiger partial charge in [0.05, 0.1) is 10.8 Å². The number of hydrogen-bond donors (Lipinski definition) is 0. The molecule has 0 radical (unpaired) electrons. The Labute approximate surface area is 120 Å². The molecule has 0 saturated heterocycles. The van der Waals surface area contributed by atoms with Gasteiger partial charge in [0.15, 0.2) is 0 Å². The molecule has 1 atom stereocenters. The first-order valence-corrected chi connectivity index (χ1v) is 7.36. The summed E-state index contributed by atoms with van der Waals surface area (Å²) in [6, 6.07) is 19.0. The quantitative estimate of drug-likeness (QED) is 0.752. The fraction of sp³-hybridized carbons (Fsp3) is 0. The lowest BCUT2D eigenvalue weighted by atomic mass is 10.2. The zero-order chi connectivity index (χ0) is 13.5. The summed E-state index contributed by atoms with van der Waals surface area (Å²) in [6.45, 7) is 0. The van der Waals surface area contributed by atoms with Crippen molar-refractivity contribution in [3.05, 3.63) is 82.7 Å². The van der Waals surface area contributed by atoms with Gasteiger partial charge in [-0.25, -0.2) is 4.21 Å². The van der Waals surface area contributed by atoms with Crippen LogP contribution in [0, 0.1) is 0 Å². The molecule has 1 unspecified atom stereocenters. The van der Waals surface area contributed by atoms with Crippen LogP contribution in [0.25, 0.3) is 6.08 Å². The highest BCUT2D eigenvalue weighted by atomic mass is 35.5. The molecule has 2 aromatic rings. The van der Waals surface area contributed by atoms with Crippen molar-refractivity contribution >= 4 is 28.5 Å². The maximum Gasteiger partial charge on any atom is 0.109 e. The molecule has 0 aliphatic rings. The van der Waals surface area contributed by atoms with Gasteiger partial charge in [-0.3, -0.25) is 0 Å². The first kappa shape index (κ1) is 13.8. The topological polar surface area (TPSA) is 17.1 Å². The van der Waals surface area contributed by atoms with E-state index in [-0.39, 0.29) is 0 Å². The second-order valence-corrected chi connectivity index (χ2v) is 5.90. The SMILES string of the molecule is O=S(C(Cl)=CC=Cc1ccccc1)c1ccccc1. The highest BCUT2D eigenvalue weighted by Gasteiger charge is 2.05. The lowest BCUT2D eigenvalue weighted by Crippen LogP contribution is -1.89. The summed E-state index contributed by atoms with van der Waals surface area (Å²) in [4.78, 5) is 0.705. The van der Waals surface area contributed by atoms with Gasteiger partial charge in [0.2, 0.25) is 0 Å². The second-order valence-electron chi connectivity index (χ2n) is 3.82. The summed E-state index contributed by atoms with van der Waals surface area (Å²) < 4.78 is 12.4. The minimum atomic E-state index is -1.31. The standard InChI is InChI=1S/C16H13ClOS/c17-16(19(18)15-11-5-2-6-12-15)13-7-10-14-8-3-1-4-9-14/h1-13H. The predicted molar refractivity (Wildman–Crippen MR) is 82.3 cm³/mol. The Balaban J connectivity index is 2.08. The van der Waals surface area contributed by atoms with Gasteiger partial charge in [-0.15, -0.1) is 0 Å². The van der Waals surface area contributed by atoms with Crippen LogP contribution < -0.4 is 0 Å². The largest absolute Gasteiger partial charge is 0.248 e. The molecular weight excluding hydrogens is 276 g/mol. The van der Waals surface area contributed by atoms with Gasteiger partial charge in [-0.05, 0) is 23.8 Å². The molecule has 19 heavy (non-hydrogen) atoms.